The van der Waals surface area contributed by atoms with E-state index in [9.17, 15) is 13.6 Å². The Morgan fingerprint density at radius 1 is 1.09 bits per heavy atom. The Balaban J connectivity index is 2.04. The molecule has 2 nitrogen and oxygen atoms in total. The predicted octanol–water partition coefficient (Wildman–Crippen LogP) is 5.39. The summed E-state index contributed by atoms with van der Waals surface area (Å²) in [6, 6.07) is 8.20. The lowest BCUT2D eigenvalue weighted by Gasteiger charge is -2.12. The maximum absolute atomic E-state index is 13.1. The van der Waals surface area contributed by atoms with Crippen LogP contribution in [0, 0.1) is 11.6 Å². The van der Waals surface area contributed by atoms with E-state index in [2.05, 4.69) is 5.32 Å². The van der Waals surface area contributed by atoms with Crippen LogP contribution < -0.4 is 5.32 Å². The maximum Gasteiger partial charge on any atom is 0.237 e. The van der Waals surface area contributed by atoms with Gasteiger partial charge in [0.15, 0.2) is 11.6 Å². The third kappa shape index (κ3) is 4.60. The molecule has 0 aromatic heterocycles. The van der Waals surface area contributed by atoms with Crippen LogP contribution >= 0.6 is 35.0 Å². The molecule has 1 amide bonds. The van der Waals surface area contributed by atoms with Gasteiger partial charge in [-0.25, -0.2) is 8.78 Å². The standard InChI is InChI=1S/C15H11Cl2F2NOS/c1-8(22-12-2-3-13(18)14(19)7-12)15(21)20-11-5-9(16)4-10(17)6-11/h2-8H,1H3,(H,20,21)/t8-/m0/s1. The minimum atomic E-state index is -0.945. The molecule has 0 aliphatic heterocycles. The van der Waals surface area contributed by atoms with Crippen molar-refractivity contribution in [2.75, 3.05) is 5.32 Å². The number of anilines is 1. The summed E-state index contributed by atoms with van der Waals surface area (Å²) < 4.78 is 26.0. The Bertz CT molecular complexity index is 692. The Labute approximate surface area is 140 Å². The highest BCUT2D eigenvalue weighted by atomic mass is 35.5. The highest BCUT2D eigenvalue weighted by Crippen LogP contribution is 2.27. The van der Waals surface area contributed by atoms with Crippen LogP contribution in [0.25, 0.3) is 0 Å². The number of nitrogens with one attached hydrogen (secondary N) is 1. The average molecular weight is 362 g/mol. The second kappa shape index (κ2) is 7.31. The Hall–Kier alpha value is -1.30. The molecule has 22 heavy (non-hydrogen) atoms. The van der Waals surface area contributed by atoms with Gasteiger partial charge in [0.25, 0.3) is 0 Å². The molecule has 1 atom stereocenters. The first-order valence-electron chi connectivity index (χ1n) is 6.24. The van der Waals surface area contributed by atoms with Gasteiger partial charge in [-0.15, -0.1) is 11.8 Å². The summed E-state index contributed by atoms with van der Waals surface area (Å²) in [5, 5.41) is 2.97. The summed E-state index contributed by atoms with van der Waals surface area (Å²) in [6.45, 7) is 1.66. The highest BCUT2D eigenvalue weighted by Gasteiger charge is 2.16. The summed E-state index contributed by atoms with van der Waals surface area (Å²) in [4.78, 5) is 12.6. The fourth-order valence-corrected chi connectivity index (χ4v) is 3.10. The third-order valence-electron chi connectivity index (χ3n) is 2.70. The molecule has 2 aromatic carbocycles. The fourth-order valence-electron chi connectivity index (χ4n) is 1.68. The lowest BCUT2D eigenvalue weighted by molar-refractivity contribution is -0.115. The van der Waals surface area contributed by atoms with Gasteiger partial charge in [-0.2, -0.15) is 0 Å². The van der Waals surface area contributed by atoms with Crippen LogP contribution in [0.4, 0.5) is 14.5 Å². The average Bonchev–Trinajstić information content (AvgIpc) is 2.41. The van der Waals surface area contributed by atoms with Crippen molar-refractivity contribution >= 4 is 46.6 Å². The van der Waals surface area contributed by atoms with E-state index in [0.29, 0.717) is 20.6 Å². The quantitative estimate of drug-likeness (QED) is 0.739. The SMILES string of the molecule is C[C@H](Sc1ccc(F)c(F)c1)C(=O)Nc1cc(Cl)cc(Cl)c1. The maximum atomic E-state index is 13.1. The molecule has 0 aliphatic rings. The number of halogens is 4. The van der Waals surface area contributed by atoms with Gasteiger partial charge in [-0.05, 0) is 43.3 Å². The van der Waals surface area contributed by atoms with Crippen molar-refractivity contribution in [3.8, 4) is 0 Å². The van der Waals surface area contributed by atoms with Gasteiger partial charge in [0, 0.05) is 20.6 Å². The zero-order valence-corrected chi connectivity index (χ0v) is 13.7. The van der Waals surface area contributed by atoms with Gasteiger partial charge >= 0.3 is 0 Å². The summed E-state index contributed by atoms with van der Waals surface area (Å²) in [5.74, 6) is -2.16. The molecule has 0 spiro atoms. The summed E-state index contributed by atoms with van der Waals surface area (Å²) in [7, 11) is 0. The molecule has 2 rings (SSSR count). The van der Waals surface area contributed by atoms with Crippen LogP contribution in [0.5, 0.6) is 0 Å². The Kier molecular flexibility index (Phi) is 5.67. The van der Waals surface area contributed by atoms with E-state index >= 15 is 0 Å². The molecule has 0 aliphatic carbocycles. The molecule has 0 unspecified atom stereocenters. The van der Waals surface area contributed by atoms with Gasteiger partial charge in [0.2, 0.25) is 5.91 Å². The lowest BCUT2D eigenvalue weighted by Crippen LogP contribution is -2.22. The molecule has 0 fully saturated rings. The number of hydrogen-bond acceptors (Lipinski definition) is 2. The van der Waals surface area contributed by atoms with Gasteiger partial charge in [-0.1, -0.05) is 23.2 Å². The van der Waals surface area contributed by atoms with Crippen molar-refractivity contribution in [1.82, 2.24) is 0 Å². The van der Waals surface area contributed by atoms with Crippen molar-refractivity contribution in [3.63, 3.8) is 0 Å². The van der Waals surface area contributed by atoms with Crippen molar-refractivity contribution in [1.29, 1.82) is 0 Å². The Morgan fingerprint density at radius 2 is 1.73 bits per heavy atom. The number of hydrogen-bond donors (Lipinski definition) is 1. The van der Waals surface area contributed by atoms with E-state index in [0.717, 1.165) is 23.9 Å². The molecule has 0 saturated carbocycles. The van der Waals surface area contributed by atoms with E-state index in [4.69, 9.17) is 23.2 Å². The van der Waals surface area contributed by atoms with Gasteiger partial charge in [0.1, 0.15) is 0 Å². The zero-order chi connectivity index (χ0) is 16.3. The normalized spacial score (nSPS) is 12.0. The Morgan fingerprint density at radius 3 is 2.32 bits per heavy atom. The van der Waals surface area contributed by atoms with Crippen molar-refractivity contribution in [2.24, 2.45) is 0 Å². The number of amides is 1. The smallest absolute Gasteiger partial charge is 0.237 e. The number of benzene rings is 2. The van der Waals surface area contributed by atoms with Crippen LogP contribution in [0.15, 0.2) is 41.3 Å². The topological polar surface area (TPSA) is 29.1 Å². The van der Waals surface area contributed by atoms with Crippen molar-refractivity contribution in [3.05, 3.63) is 58.1 Å². The first-order chi connectivity index (χ1) is 10.3. The molecule has 7 heteroatoms. The van der Waals surface area contributed by atoms with Crippen LogP contribution in [-0.4, -0.2) is 11.2 Å². The fraction of sp³-hybridized carbons (Fsp3) is 0.133. The first-order valence-corrected chi connectivity index (χ1v) is 7.87. The molecular weight excluding hydrogens is 351 g/mol. The van der Waals surface area contributed by atoms with Gasteiger partial charge in [0.05, 0.1) is 5.25 Å². The number of thioether (sulfide) groups is 1. The van der Waals surface area contributed by atoms with Crippen LogP contribution in [0.2, 0.25) is 10.0 Å². The van der Waals surface area contributed by atoms with Crippen molar-refractivity contribution < 1.29 is 13.6 Å². The van der Waals surface area contributed by atoms with Crippen LogP contribution in [-0.2, 0) is 4.79 Å². The predicted molar refractivity (Wildman–Crippen MR) is 86.8 cm³/mol. The molecule has 0 bridgehead atoms. The van der Waals surface area contributed by atoms with E-state index in [1.807, 2.05) is 0 Å². The van der Waals surface area contributed by atoms with E-state index in [-0.39, 0.29) is 5.91 Å². The molecule has 0 saturated heterocycles. The second-order valence-corrected chi connectivity index (χ2v) is 6.77. The number of rotatable bonds is 4. The van der Waals surface area contributed by atoms with Crippen LogP contribution in [0.1, 0.15) is 6.92 Å². The molecule has 1 N–H and O–H groups in total. The van der Waals surface area contributed by atoms with E-state index in [1.54, 1.807) is 25.1 Å². The van der Waals surface area contributed by atoms with Gasteiger partial charge < -0.3 is 5.32 Å². The minimum Gasteiger partial charge on any atom is -0.325 e. The number of carbonyl (C=O) groups is 1. The minimum absolute atomic E-state index is 0.298. The van der Waals surface area contributed by atoms with Gasteiger partial charge in [-0.3, -0.25) is 4.79 Å². The molecular formula is C15H11Cl2F2NOS. The molecule has 0 radical (unpaired) electrons. The lowest BCUT2D eigenvalue weighted by atomic mass is 10.3. The first kappa shape index (κ1) is 17.1. The molecule has 116 valence electrons. The van der Waals surface area contributed by atoms with E-state index < -0.39 is 16.9 Å². The highest BCUT2D eigenvalue weighted by molar-refractivity contribution is 8.00. The summed E-state index contributed by atoms with van der Waals surface area (Å²) in [6.07, 6.45) is 0. The second-order valence-electron chi connectivity index (χ2n) is 4.48. The van der Waals surface area contributed by atoms with Crippen LogP contribution in [0.3, 0.4) is 0 Å². The monoisotopic (exact) mass is 361 g/mol. The molecule has 2 aromatic rings. The largest absolute Gasteiger partial charge is 0.325 e. The third-order valence-corrected chi connectivity index (χ3v) is 4.23. The zero-order valence-electron chi connectivity index (χ0n) is 11.4. The summed E-state index contributed by atoms with van der Waals surface area (Å²) in [5.41, 5.74) is 0.472. The van der Waals surface area contributed by atoms with E-state index in [1.165, 1.54) is 6.07 Å². The summed E-state index contributed by atoms with van der Waals surface area (Å²) >= 11 is 12.8. The number of carbonyl (C=O) groups excluding carboxylic acids is 1. The van der Waals surface area contributed by atoms with Crippen molar-refractivity contribution in [2.45, 2.75) is 17.1 Å². The molecule has 0 heterocycles.